The molecule has 0 N–H and O–H groups in total. The number of hydrogen-bond donors (Lipinski definition) is 0. The maximum Gasteiger partial charge on any atom is -0.00258 e. The van der Waals surface area contributed by atoms with Gasteiger partial charge in [0.25, 0.3) is 0 Å². The van der Waals surface area contributed by atoms with Crippen LogP contribution in [0.2, 0.25) is 0 Å². The van der Waals surface area contributed by atoms with Gasteiger partial charge in [-0.3, -0.25) is 0 Å². The highest BCUT2D eigenvalue weighted by atomic mass is 14.0. The summed E-state index contributed by atoms with van der Waals surface area (Å²) in [4.78, 5) is 0. The van der Waals surface area contributed by atoms with Crippen LogP contribution in [0.25, 0.3) is 5.57 Å². The molecule has 0 nitrogen and oxygen atoms in total. The molecule has 0 bridgehead atoms. The Bertz CT molecular complexity index is 529. The van der Waals surface area contributed by atoms with Gasteiger partial charge >= 0.3 is 0 Å². The lowest BCUT2D eigenvalue weighted by Crippen LogP contribution is -1.90. The highest BCUT2D eigenvalue weighted by Crippen LogP contribution is 2.16. The molecule has 0 aromatic heterocycles. The molecule has 0 aliphatic rings. The first-order chi connectivity index (χ1) is 9.19. The molecular formula is C19H22. The number of rotatable bonds is 5. The Morgan fingerprint density at radius 3 is 1.79 bits per heavy atom. The van der Waals surface area contributed by atoms with Crippen LogP contribution in [-0.2, 0) is 12.8 Å². The molecule has 0 spiro atoms. The molecule has 0 heterocycles. The lowest BCUT2D eigenvalue weighted by atomic mass is 10.00. The number of aryl methyl sites for hydroxylation is 1. The normalized spacial score (nSPS) is 10.4. The van der Waals surface area contributed by atoms with E-state index in [2.05, 4.69) is 62.0 Å². The molecular weight excluding hydrogens is 228 g/mol. The van der Waals surface area contributed by atoms with Crippen LogP contribution in [0.4, 0.5) is 0 Å². The molecule has 19 heavy (non-hydrogen) atoms. The molecule has 0 aliphatic carbocycles. The molecule has 0 unspecified atom stereocenters. The molecule has 2 aromatic carbocycles. The fourth-order valence-corrected chi connectivity index (χ4v) is 2.26. The van der Waals surface area contributed by atoms with Crippen molar-refractivity contribution in [1.82, 2.24) is 0 Å². The second-order valence-corrected chi connectivity index (χ2v) is 5.22. The van der Waals surface area contributed by atoms with Crippen molar-refractivity contribution in [3.05, 3.63) is 77.4 Å². The van der Waals surface area contributed by atoms with Gasteiger partial charge in [0.05, 0.1) is 0 Å². The molecule has 0 radical (unpaired) electrons. The van der Waals surface area contributed by atoms with Crippen molar-refractivity contribution in [2.45, 2.75) is 33.1 Å². The summed E-state index contributed by atoms with van der Waals surface area (Å²) in [5.41, 5.74) is 6.51. The Kier molecular flexibility index (Phi) is 4.57. The number of hydrogen-bond acceptors (Lipinski definition) is 0. The molecule has 0 saturated heterocycles. The van der Waals surface area contributed by atoms with Crippen LogP contribution in [-0.4, -0.2) is 0 Å². The van der Waals surface area contributed by atoms with Gasteiger partial charge in [-0.15, -0.1) is 0 Å². The summed E-state index contributed by atoms with van der Waals surface area (Å²) in [6.45, 7) is 8.23. The monoisotopic (exact) mass is 250 g/mol. The SMILES string of the molecule is C=C(C)c1ccc(Cc2ccc(CCC)cc2)cc1. The maximum absolute atomic E-state index is 3.97. The summed E-state index contributed by atoms with van der Waals surface area (Å²) in [5.74, 6) is 0. The summed E-state index contributed by atoms with van der Waals surface area (Å²) in [5, 5.41) is 0. The van der Waals surface area contributed by atoms with Crippen LogP contribution in [0.3, 0.4) is 0 Å². The van der Waals surface area contributed by atoms with Crippen molar-refractivity contribution in [2.24, 2.45) is 0 Å². The zero-order chi connectivity index (χ0) is 13.7. The van der Waals surface area contributed by atoms with Gasteiger partial charge in [0.1, 0.15) is 0 Å². The van der Waals surface area contributed by atoms with Crippen LogP contribution >= 0.6 is 0 Å². The molecule has 98 valence electrons. The van der Waals surface area contributed by atoms with E-state index in [0.29, 0.717) is 0 Å². The van der Waals surface area contributed by atoms with Crippen molar-refractivity contribution in [2.75, 3.05) is 0 Å². The quantitative estimate of drug-likeness (QED) is 0.678. The second-order valence-electron chi connectivity index (χ2n) is 5.22. The van der Waals surface area contributed by atoms with Gasteiger partial charge in [-0.25, -0.2) is 0 Å². The molecule has 0 heteroatoms. The third-order valence-electron chi connectivity index (χ3n) is 3.42. The maximum atomic E-state index is 3.97. The third-order valence-corrected chi connectivity index (χ3v) is 3.42. The van der Waals surface area contributed by atoms with Gasteiger partial charge in [-0.1, -0.05) is 74.0 Å². The third kappa shape index (κ3) is 3.82. The minimum atomic E-state index is 1.00. The first-order valence-electron chi connectivity index (χ1n) is 7.01. The van der Waals surface area contributed by atoms with Gasteiger partial charge in [-0.2, -0.15) is 0 Å². The van der Waals surface area contributed by atoms with Crippen LogP contribution in [0.15, 0.2) is 55.1 Å². The predicted molar refractivity (Wildman–Crippen MR) is 84.4 cm³/mol. The van der Waals surface area contributed by atoms with Crippen LogP contribution in [0, 0.1) is 0 Å². The molecule has 0 atom stereocenters. The van der Waals surface area contributed by atoms with E-state index in [-0.39, 0.29) is 0 Å². The first-order valence-corrected chi connectivity index (χ1v) is 7.01. The zero-order valence-corrected chi connectivity index (χ0v) is 11.9. The van der Waals surface area contributed by atoms with E-state index in [1.165, 1.54) is 35.1 Å². The Balaban J connectivity index is 2.06. The van der Waals surface area contributed by atoms with Gasteiger partial charge in [0.2, 0.25) is 0 Å². The number of benzene rings is 2. The zero-order valence-electron chi connectivity index (χ0n) is 11.9. The summed E-state index contributed by atoms with van der Waals surface area (Å²) in [6.07, 6.45) is 3.39. The average molecular weight is 250 g/mol. The fraction of sp³-hybridized carbons (Fsp3) is 0.263. The minimum Gasteiger partial charge on any atom is -0.0955 e. The van der Waals surface area contributed by atoms with E-state index in [1.807, 2.05) is 6.92 Å². The Labute approximate surface area is 116 Å². The summed E-state index contributed by atoms with van der Waals surface area (Å²) < 4.78 is 0. The highest BCUT2D eigenvalue weighted by Gasteiger charge is 1.98. The summed E-state index contributed by atoms with van der Waals surface area (Å²) >= 11 is 0. The van der Waals surface area contributed by atoms with E-state index in [1.54, 1.807) is 0 Å². The van der Waals surface area contributed by atoms with Gasteiger partial charge in [0, 0.05) is 0 Å². The topological polar surface area (TPSA) is 0 Å². The van der Waals surface area contributed by atoms with Crippen molar-refractivity contribution >= 4 is 5.57 Å². The van der Waals surface area contributed by atoms with Gasteiger partial charge in [0.15, 0.2) is 0 Å². The van der Waals surface area contributed by atoms with E-state index < -0.39 is 0 Å². The van der Waals surface area contributed by atoms with Crippen molar-refractivity contribution in [1.29, 1.82) is 0 Å². The van der Waals surface area contributed by atoms with E-state index >= 15 is 0 Å². The van der Waals surface area contributed by atoms with Crippen molar-refractivity contribution in [3.8, 4) is 0 Å². The second kappa shape index (κ2) is 6.38. The predicted octanol–water partition coefficient (Wildman–Crippen LogP) is 5.26. The van der Waals surface area contributed by atoms with Crippen molar-refractivity contribution in [3.63, 3.8) is 0 Å². The highest BCUT2D eigenvalue weighted by molar-refractivity contribution is 5.61. The number of allylic oxidation sites excluding steroid dienone is 1. The molecule has 0 amide bonds. The van der Waals surface area contributed by atoms with Gasteiger partial charge in [-0.05, 0) is 42.0 Å². The Morgan fingerprint density at radius 1 is 0.842 bits per heavy atom. The summed E-state index contributed by atoms with van der Waals surface area (Å²) in [7, 11) is 0. The van der Waals surface area contributed by atoms with Crippen LogP contribution in [0.5, 0.6) is 0 Å². The molecule has 2 rings (SSSR count). The molecule has 0 fully saturated rings. The van der Waals surface area contributed by atoms with Crippen LogP contribution in [0.1, 0.15) is 42.5 Å². The summed E-state index contributed by atoms with van der Waals surface area (Å²) in [6, 6.07) is 17.7. The average Bonchev–Trinajstić information content (AvgIpc) is 2.42. The minimum absolute atomic E-state index is 1.00. The van der Waals surface area contributed by atoms with Gasteiger partial charge < -0.3 is 0 Å². The van der Waals surface area contributed by atoms with E-state index in [0.717, 1.165) is 12.0 Å². The Hall–Kier alpha value is -1.82. The lowest BCUT2D eigenvalue weighted by Gasteiger charge is -2.05. The van der Waals surface area contributed by atoms with Crippen LogP contribution < -0.4 is 0 Å². The largest absolute Gasteiger partial charge is 0.0955 e. The molecule has 0 aliphatic heterocycles. The van der Waals surface area contributed by atoms with Crippen molar-refractivity contribution < 1.29 is 0 Å². The first kappa shape index (κ1) is 13.6. The lowest BCUT2D eigenvalue weighted by molar-refractivity contribution is 0.920. The van der Waals surface area contributed by atoms with E-state index in [4.69, 9.17) is 0 Å². The molecule has 2 aromatic rings. The Morgan fingerprint density at radius 2 is 1.32 bits per heavy atom. The standard InChI is InChI=1S/C19H22/c1-4-5-16-6-8-17(9-7-16)14-18-10-12-19(13-11-18)15(2)3/h6-13H,2,4-5,14H2,1,3H3. The fourth-order valence-electron chi connectivity index (χ4n) is 2.26. The van der Waals surface area contributed by atoms with E-state index in [9.17, 15) is 0 Å². The smallest absolute Gasteiger partial charge is 0.00258 e. The molecule has 0 saturated carbocycles.